The van der Waals surface area contributed by atoms with Crippen molar-refractivity contribution in [2.75, 3.05) is 32.8 Å². The molecule has 2 aromatic rings. The van der Waals surface area contributed by atoms with Gasteiger partial charge in [-0.1, -0.05) is 30.3 Å². The van der Waals surface area contributed by atoms with Crippen LogP contribution in [0.5, 0.6) is 5.75 Å². The maximum Gasteiger partial charge on any atom is 0.267 e. The van der Waals surface area contributed by atoms with Gasteiger partial charge in [0.1, 0.15) is 10.6 Å². The van der Waals surface area contributed by atoms with Crippen LogP contribution in [0.1, 0.15) is 16.6 Å². The first-order valence-electron chi connectivity index (χ1n) is 7.61. The summed E-state index contributed by atoms with van der Waals surface area (Å²) in [5.74, 6) is 0.784. The van der Waals surface area contributed by atoms with Gasteiger partial charge in [0, 0.05) is 31.1 Å². The Kier molecular flexibility index (Phi) is 6.45. The highest BCUT2D eigenvalue weighted by atomic mass is 35.5. The van der Waals surface area contributed by atoms with Gasteiger partial charge >= 0.3 is 0 Å². The fourth-order valence-electron chi connectivity index (χ4n) is 2.54. The molecule has 0 atom stereocenters. The van der Waals surface area contributed by atoms with Crippen LogP contribution in [-0.2, 0) is 0 Å². The van der Waals surface area contributed by atoms with E-state index in [9.17, 15) is 4.79 Å². The Morgan fingerprint density at radius 1 is 1.26 bits per heavy atom. The van der Waals surface area contributed by atoms with Crippen LogP contribution in [0.2, 0.25) is 0 Å². The topological polar surface area (TPSA) is 41.6 Å². The summed E-state index contributed by atoms with van der Waals surface area (Å²) in [7, 11) is 0. The molecule has 3 rings (SSSR count). The molecule has 0 saturated carbocycles. The minimum atomic E-state index is 0. The molecule has 1 aliphatic rings. The van der Waals surface area contributed by atoms with Gasteiger partial charge in [0.15, 0.2) is 0 Å². The molecule has 0 aliphatic carbocycles. The van der Waals surface area contributed by atoms with Crippen LogP contribution in [0.15, 0.2) is 36.4 Å². The van der Waals surface area contributed by atoms with E-state index in [1.54, 1.807) is 0 Å². The fourth-order valence-corrected chi connectivity index (χ4v) is 3.62. The van der Waals surface area contributed by atoms with E-state index in [4.69, 9.17) is 4.74 Å². The molecule has 2 heterocycles. The molecule has 23 heavy (non-hydrogen) atoms. The van der Waals surface area contributed by atoms with Gasteiger partial charge in [-0.05, 0) is 18.6 Å². The summed E-state index contributed by atoms with van der Waals surface area (Å²) in [6, 6.07) is 12.1. The van der Waals surface area contributed by atoms with Crippen LogP contribution in [0.4, 0.5) is 0 Å². The van der Waals surface area contributed by atoms with Crippen LogP contribution in [0.25, 0.3) is 10.4 Å². The number of nitrogens with zero attached hydrogens (tertiary/aromatic N) is 1. The summed E-state index contributed by atoms with van der Waals surface area (Å²) < 4.78 is 5.70. The lowest BCUT2D eigenvalue weighted by atomic mass is 10.2. The molecule has 0 unspecified atom stereocenters. The summed E-state index contributed by atoms with van der Waals surface area (Å²) in [5, 5.41) is 3.27. The van der Waals surface area contributed by atoms with Crippen LogP contribution in [0, 0.1) is 0 Å². The van der Waals surface area contributed by atoms with Crippen molar-refractivity contribution in [2.45, 2.75) is 6.92 Å². The van der Waals surface area contributed by atoms with Crippen LogP contribution >= 0.6 is 23.7 Å². The molecule has 1 amide bonds. The lowest BCUT2D eigenvalue weighted by Gasteiger charge is -2.27. The second-order valence-corrected chi connectivity index (χ2v) is 6.20. The predicted molar refractivity (Wildman–Crippen MR) is 96.9 cm³/mol. The average Bonchev–Trinajstić information content (AvgIpc) is 3.00. The summed E-state index contributed by atoms with van der Waals surface area (Å²) in [6.07, 6.45) is 0. The second kappa shape index (κ2) is 8.34. The molecule has 1 saturated heterocycles. The quantitative estimate of drug-likeness (QED) is 0.918. The highest BCUT2D eigenvalue weighted by Crippen LogP contribution is 2.37. The summed E-state index contributed by atoms with van der Waals surface area (Å²) >= 11 is 1.52. The monoisotopic (exact) mass is 352 g/mol. The molecule has 1 fully saturated rings. The minimum Gasteiger partial charge on any atom is -0.492 e. The van der Waals surface area contributed by atoms with Crippen LogP contribution in [0.3, 0.4) is 0 Å². The van der Waals surface area contributed by atoms with Gasteiger partial charge in [-0.15, -0.1) is 23.7 Å². The Morgan fingerprint density at radius 2 is 1.96 bits per heavy atom. The highest BCUT2D eigenvalue weighted by molar-refractivity contribution is 7.17. The molecule has 0 bridgehead atoms. The number of nitrogens with one attached hydrogen (secondary N) is 1. The normalized spacial score (nSPS) is 14.2. The number of benzene rings is 1. The number of carbonyl (C=O) groups excluding carboxylic acids is 1. The lowest BCUT2D eigenvalue weighted by Crippen LogP contribution is -2.46. The largest absolute Gasteiger partial charge is 0.492 e. The second-order valence-electron chi connectivity index (χ2n) is 5.15. The number of piperazine rings is 1. The predicted octanol–water partition coefficient (Wildman–Crippen LogP) is 3.28. The minimum absolute atomic E-state index is 0. The third-order valence-electron chi connectivity index (χ3n) is 3.65. The maximum absolute atomic E-state index is 12.8. The van der Waals surface area contributed by atoms with E-state index in [1.165, 1.54) is 11.3 Å². The molecule has 0 spiro atoms. The molecular formula is C17H21ClN2O2S. The number of thiophene rings is 1. The number of hydrogen-bond donors (Lipinski definition) is 1. The van der Waals surface area contributed by atoms with Gasteiger partial charge in [-0.25, -0.2) is 0 Å². The number of ether oxygens (including phenoxy) is 1. The summed E-state index contributed by atoms with van der Waals surface area (Å²) in [5.41, 5.74) is 1.12. The average molecular weight is 353 g/mol. The van der Waals surface area contributed by atoms with Crippen molar-refractivity contribution in [3.8, 4) is 16.2 Å². The van der Waals surface area contributed by atoms with Crippen molar-refractivity contribution in [1.29, 1.82) is 0 Å². The molecule has 1 N–H and O–H groups in total. The third kappa shape index (κ3) is 4.05. The molecule has 1 aromatic carbocycles. The van der Waals surface area contributed by atoms with Gasteiger partial charge in [-0.3, -0.25) is 4.79 Å². The van der Waals surface area contributed by atoms with E-state index in [0.717, 1.165) is 36.6 Å². The molecule has 1 aromatic heterocycles. The number of rotatable bonds is 4. The smallest absolute Gasteiger partial charge is 0.267 e. The van der Waals surface area contributed by atoms with Crippen molar-refractivity contribution in [2.24, 2.45) is 0 Å². The maximum atomic E-state index is 12.8. The number of hydrogen-bond acceptors (Lipinski definition) is 4. The Hall–Kier alpha value is -1.56. The molecule has 6 heteroatoms. The summed E-state index contributed by atoms with van der Waals surface area (Å²) in [4.78, 5) is 16.5. The first-order chi connectivity index (χ1) is 10.8. The molecular weight excluding hydrogens is 332 g/mol. The Morgan fingerprint density at radius 3 is 2.61 bits per heavy atom. The van der Waals surface area contributed by atoms with Crippen molar-refractivity contribution in [3.63, 3.8) is 0 Å². The lowest BCUT2D eigenvalue weighted by molar-refractivity contribution is 0.0737. The third-order valence-corrected chi connectivity index (χ3v) is 4.81. The highest BCUT2D eigenvalue weighted by Gasteiger charge is 2.24. The molecule has 1 aliphatic heterocycles. The van der Waals surface area contributed by atoms with E-state index >= 15 is 0 Å². The van der Waals surface area contributed by atoms with E-state index < -0.39 is 0 Å². The first-order valence-corrected chi connectivity index (χ1v) is 8.43. The van der Waals surface area contributed by atoms with E-state index in [1.807, 2.05) is 36.1 Å². The standard InChI is InChI=1S/C17H20N2O2S.ClH/c1-2-21-14-12-15(13-6-4-3-5-7-13)22-16(14)17(20)19-10-8-18-9-11-19;/h3-7,12,18H,2,8-11H2,1H3;1H. The number of amides is 1. The van der Waals surface area contributed by atoms with E-state index in [2.05, 4.69) is 17.4 Å². The van der Waals surface area contributed by atoms with Gasteiger partial charge in [0.05, 0.1) is 6.61 Å². The van der Waals surface area contributed by atoms with Crippen LogP contribution < -0.4 is 10.1 Å². The van der Waals surface area contributed by atoms with Gasteiger partial charge in [0.25, 0.3) is 5.91 Å². The fraction of sp³-hybridized carbons (Fsp3) is 0.353. The van der Waals surface area contributed by atoms with Crippen molar-refractivity contribution < 1.29 is 9.53 Å². The Balaban J connectivity index is 0.00000192. The SMILES string of the molecule is CCOc1cc(-c2ccccc2)sc1C(=O)N1CCNCC1.Cl. The summed E-state index contributed by atoms with van der Waals surface area (Å²) in [6.45, 7) is 5.72. The zero-order chi connectivity index (χ0) is 15.4. The van der Waals surface area contributed by atoms with Gasteiger partial charge in [-0.2, -0.15) is 0 Å². The molecule has 124 valence electrons. The zero-order valence-corrected chi connectivity index (χ0v) is 14.7. The van der Waals surface area contributed by atoms with Gasteiger partial charge < -0.3 is 15.0 Å². The number of carbonyl (C=O) groups is 1. The Labute approximate surface area is 146 Å². The molecule has 0 radical (unpaired) electrons. The number of halogens is 1. The first kappa shape index (κ1) is 17.8. The van der Waals surface area contributed by atoms with Crippen molar-refractivity contribution >= 4 is 29.7 Å². The van der Waals surface area contributed by atoms with Gasteiger partial charge in [0.2, 0.25) is 0 Å². The van der Waals surface area contributed by atoms with E-state index in [-0.39, 0.29) is 18.3 Å². The van der Waals surface area contributed by atoms with Crippen molar-refractivity contribution in [1.82, 2.24) is 10.2 Å². The van der Waals surface area contributed by atoms with E-state index in [0.29, 0.717) is 17.2 Å². The zero-order valence-electron chi connectivity index (χ0n) is 13.1. The van der Waals surface area contributed by atoms with Crippen molar-refractivity contribution in [3.05, 3.63) is 41.3 Å². The molecule has 4 nitrogen and oxygen atoms in total. The van der Waals surface area contributed by atoms with Crippen LogP contribution in [-0.4, -0.2) is 43.6 Å². The Bertz CT molecular complexity index is 639.